The quantitative estimate of drug-likeness (QED) is 0.171. The minimum absolute atomic E-state index is 0.0499. The standard InChI is InChI=1S/C31H44F3N3O5Si/c1-28(2,3)42-27(38)36-15-14-30(21-36,18-22-10-9-11-24(16-22)31(32,33)34)20-35-25-13-12-23(26(17-25)37(39)40)19-41-43(7,8)29(4,5)6/h9-13,16-17,35H,14-15,18-21H2,1-8H3. The summed E-state index contributed by atoms with van der Waals surface area (Å²) in [4.78, 5) is 26.0. The molecule has 0 spiro atoms. The molecule has 1 amide bonds. The molecule has 1 aliphatic heterocycles. The Balaban J connectivity index is 1.86. The first-order valence-corrected chi connectivity index (χ1v) is 17.3. The van der Waals surface area contributed by atoms with Crippen molar-refractivity contribution in [3.05, 3.63) is 69.3 Å². The zero-order valence-electron chi connectivity index (χ0n) is 26.4. The molecule has 2 aromatic carbocycles. The topological polar surface area (TPSA) is 93.9 Å². The fourth-order valence-corrected chi connectivity index (χ4v) is 5.74. The lowest BCUT2D eigenvalue weighted by molar-refractivity contribution is -0.385. The number of carbonyl (C=O) groups excluding carboxylic acids is 1. The van der Waals surface area contributed by atoms with E-state index in [1.165, 1.54) is 12.1 Å². The van der Waals surface area contributed by atoms with Crippen LogP contribution in [-0.4, -0.2) is 49.5 Å². The molecule has 1 atom stereocenters. The molecule has 1 fully saturated rings. The Morgan fingerprint density at radius 1 is 1.09 bits per heavy atom. The number of benzene rings is 2. The van der Waals surface area contributed by atoms with Gasteiger partial charge in [-0.25, -0.2) is 4.79 Å². The predicted octanol–water partition coefficient (Wildman–Crippen LogP) is 8.42. The summed E-state index contributed by atoms with van der Waals surface area (Å²) in [6, 6.07) is 10.1. The van der Waals surface area contributed by atoms with Gasteiger partial charge in [0.15, 0.2) is 8.32 Å². The molecule has 0 aromatic heterocycles. The number of anilines is 1. The van der Waals surface area contributed by atoms with Gasteiger partial charge in [-0.3, -0.25) is 10.1 Å². The SMILES string of the molecule is CC(C)(C)OC(=O)N1CCC(CNc2ccc(CO[Si](C)(C)C(C)(C)C)c([N+](=O)[O-])c2)(Cc2cccc(C(F)(F)F)c2)C1. The Bertz CT molecular complexity index is 1320. The first-order valence-electron chi connectivity index (χ1n) is 14.4. The van der Waals surface area contributed by atoms with Crippen LogP contribution in [0.1, 0.15) is 64.7 Å². The molecule has 0 radical (unpaired) electrons. The van der Waals surface area contributed by atoms with Crippen molar-refractivity contribution in [2.24, 2.45) is 5.41 Å². The molecule has 238 valence electrons. The van der Waals surface area contributed by atoms with Gasteiger partial charge >= 0.3 is 12.3 Å². The van der Waals surface area contributed by atoms with E-state index in [1.807, 2.05) is 0 Å². The van der Waals surface area contributed by atoms with Gasteiger partial charge in [-0.2, -0.15) is 13.2 Å². The Kier molecular flexibility index (Phi) is 9.97. The summed E-state index contributed by atoms with van der Waals surface area (Å²) in [7, 11) is -2.14. The lowest BCUT2D eigenvalue weighted by Crippen LogP contribution is -2.40. The van der Waals surface area contributed by atoms with Crippen LogP contribution in [0.15, 0.2) is 42.5 Å². The number of hydrogen-bond donors (Lipinski definition) is 1. The van der Waals surface area contributed by atoms with Crippen molar-refractivity contribution in [1.29, 1.82) is 0 Å². The number of nitrogens with zero attached hydrogens (tertiary/aromatic N) is 2. The highest BCUT2D eigenvalue weighted by Crippen LogP contribution is 2.39. The summed E-state index contributed by atoms with van der Waals surface area (Å²) in [5.74, 6) is 0. The monoisotopic (exact) mass is 623 g/mol. The highest BCUT2D eigenvalue weighted by atomic mass is 28.4. The molecule has 0 bridgehead atoms. The first-order chi connectivity index (χ1) is 19.6. The molecule has 0 aliphatic carbocycles. The van der Waals surface area contributed by atoms with Crippen LogP contribution in [0.5, 0.6) is 0 Å². The van der Waals surface area contributed by atoms with Crippen molar-refractivity contribution in [1.82, 2.24) is 4.90 Å². The summed E-state index contributed by atoms with van der Waals surface area (Å²) in [6.07, 6.45) is -4.19. The second-order valence-electron chi connectivity index (χ2n) is 14.0. The van der Waals surface area contributed by atoms with Crippen molar-refractivity contribution in [2.75, 3.05) is 25.0 Å². The largest absolute Gasteiger partial charge is 0.444 e. The van der Waals surface area contributed by atoms with Gasteiger partial charge in [-0.05, 0) is 75.5 Å². The molecule has 8 nitrogen and oxygen atoms in total. The summed E-state index contributed by atoms with van der Waals surface area (Å²) >= 11 is 0. The number of likely N-dealkylation sites (tertiary alicyclic amines) is 1. The second-order valence-corrected chi connectivity index (χ2v) is 18.8. The zero-order chi connectivity index (χ0) is 32.4. The number of ether oxygens (including phenoxy) is 1. The van der Waals surface area contributed by atoms with Gasteiger partial charge in [0, 0.05) is 36.8 Å². The molecule has 1 unspecified atom stereocenters. The van der Waals surface area contributed by atoms with Gasteiger partial charge in [0.25, 0.3) is 5.69 Å². The number of carbonyl (C=O) groups is 1. The fraction of sp³-hybridized carbons (Fsp3) is 0.581. The van der Waals surface area contributed by atoms with Crippen LogP contribution in [0.4, 0.5) is 29.3 Å². The van der Waals surface area contributed by atoms with Gasteiger partial charge in [0.1, 0.15) is 5.60 Å². The van der Waals surface area contributed by atoms with E-state index >= 15 is 0 Å². The van der Waals surface area contributed by atoms with Crippen molar-refractivity contribution in [3.8, 4) is 0 Å². The number of alkyl halides is 3. The molecule has 0 saturated carbocycles. The maximum Gasteiger partial charge on any atom is 0.416 e. The van der Waals surface area contributed by atoms with Gasteiger partial charge < -0.3 is 19.4 Å². The Hall–Kier alpha value is -3.12. The van der Waals surface area contributed by atoms with E-state index in [-0.39, 0.29) is 36.8 Å². The number of amides is 1. The van der Waals surface area contributed by atoms with E-state index in [0.717, 1.165) is 12.1 Å². The predicted molar refractivity (Wildman–Crippen MR) is 164 cm³/mol. The average Bonchev–Trinajstić information content (AvgIpc) is 3.29. The molecule has 2 aromatic rings. The molecule has 1 heterocycles. The van der Waals surface area contributed by atoms with Crippen LogP contribution in [0.25, 0.3) is 0 Å². The molecule has 12 heteroatoms. The van der Waals surface area contributed by atoms with E-state index in [2.05, 4.69) is 39.2 Å². The van der Waals surface area contributed by atoms with E-state index in [0.29, 0.717) is 29.8 Å². The maximum atomic E-state index is 13.4. The number of rotatable bonds is 9. The lowest BCUT2D eigenvalue weighted by atomic mass is 9.80. The highest BCUT2D eigenvalue weighted by Gasteiger charge is 2.42. The third kappa shape index (κ3) is 9.18. The number of nitro benzene ring substituents is 1. The van der Waals surface area contributed by atoms with Crippen molar-refractivity contribution in [2.45, 2.75) is 90.9 Å². The molecule has 1 aliphatic rings. The van der Waals surface area contributed by atoms with Gasteiger partial charge in [0.2, 0.25) is 0 Å². The van der Waals surface area contributed by atoms with Crippen molar-refractivity contribution < 1.29 is 32.1 Å². The summed E-state index contributed by atoms with van der Waals surface area (Å²) < 4.78 is 52.1. The molecule has 1 N–H and O–H groups in total. The van der Waals surface area contributed by atoms with E-state index in [4.69, 9.17) is 9.16 Å². The van der Waals surface area contributed by atoms with Crippen LogP contribution in [0, 0.1) is 15.5 Å². The Morgan fingerprint density at radius 3 is 2.35 bits per heavy atom. The van der Waals surface area contributed by atoms with Crippen LogP contribution >= 0.6 is 0 Å². The van der Waals surface area contributed by atoms with Crippen LogP contribution in [0.2, 0.25) is 18.1 Å². The molecule has 1 saturated heterocycles. The number of nitro groups is 1. The average molecular weight is 624 g/mol. The molecular formula is C31H44F3N3O5Si. The normalized spacial score (nSPS) is 18.1. The van der Waals surface area contributed by atoms with Crippen LogP contribution in [-0.2, 0) is 28.4 Å². The lowest BCUT2D eigenvalue weighted by Gasteiger charge is -2.36. The highest BCUT2D eigenvalue weighted by molar-refractivity contribution is 6.74. The smallest absolute Gasteiger partial charge is 0.416 e. The zero-order valence-corrected chi connectivity index (χ0v) is 27.4. The van der Waals surface area contributed by atoms with E-state index in [9.17, 15) is 28.1 Å². The van der Waals surface area contributed by atoms with Gasteiger partial charge in [-0.15, -0.1) is 0 Å². The van der Waals surface area contributed by atoms with E-state index < -0.39 is 42.1 Å². The number of nitrogens with one attached hydrogen (secondary N) is 1. The summed E-state index contributed by atoms with van der Waals surface area (Å²) in [5.41, 5.74) is -0.681. The second kappa shape index (κ2) is 12.5. The number of hydrogen-bond acceptors (Lipinski definition) is 6. The Labute approximate surface area is 253 Å². The molecular weight excluding hydrogens is 579 g/mol. The van der Waals surface area contributed by atoms with Gasteiger partial charge in [-0.1, -0.05) is 39.0 Å². The minimum Gasteiger partial charge on any atom is -0.444 e. The third-order valence-corrected chi connectivity index (χ3v) is 12.7. The van der Waals surface area contributed by atoms with Gasteiger partial charge in [0.05, 0.1) is 22.7 Å². The summed E-state index contributed by atoms with van der Waals surface area (Å²) in [6.45, 7) is 16.8. The third-order valence-electron chi connectivity index (χ3n) is 8.27. The minimum atomic E-state index is -4.48. The Morgan fingerprint density at radius 2 is 1.77 bits per heavy atom. The molecule has 3 rings (SSSR count). The van der Waals surface area contributed by atoms with Crippen LogP contribution < -0.4 is 5.32 Å². The van der Waals surface area contributed by atoms with Crippen molar-refractivity contribution >= 4 is 25.8 Å². The van der Waals surface area contributed by atoms with Crippen molar-refractivity contribution in [3.63, 3.8) is 0 Å². The summed E-state index contributed by atoms with van der Waals surface area (Å²) in [5, 5.41) is 15.2. The van der Waals surface area contributed by atoms with E-state index in [1.54, 1.807) is 43.9 Å². The first kappa shape index (κ1) is 34.4. The van der Waals surface area contributed by atoms with Crippen LogP contribution in [0.3, 0.4) is 0 Å². The maximum absolute atomic E-state index is 13.4. The fourth-order valence-electron chi connectivity index (χ4n) is 4.79. The number of halogens is 3. The molecule has 43 heavy (non-hydrogen) atoms.